The molecule has 0 bridgehead atoms. The molecule has 1 aromatic carbocycles. The SMILES string of the molecule is CC(N)C(=O)Nc1ccccc1CN1CCSCC1.Cl.Cl. The van der Waals surface area contributed by atoms with Gasteiger partial charge in [-0.05, 0) is 18.6 Å². The van der Waals surface area contributed by atoms with Crippen LogP contribution >= 0.6 is 36.6 Å². The van der Waals surface area contributed by atoms with Crippen LogP contribution in [0.25, 0.3) is 0 Å². The van der Waals surface area contributed by atoms with Crippen LogP contribution in [0.15, 0.2) is 24.3 Å². The molecule has 3 N–H and O–H groups in total. The van der Waals surface area contributed by atoms with Crippen LogP contribution in [0.2, 0.25) is 0 Å². The van der Waals surface area contributed by atoms with E-state index in [2.05, 4.69) is 16.3 Å². The van der Waals surface area contributed by atoms with Crippen molar-refractivity contribution in [2.45, 2.75) is 19.5 Å². The first kappa shape index (κ1) is 20.5. The van der Waals surface area contributed by atoms with Crippen LogP contribution in [0.1, 0.15) is 12.5 Å². The van der Waals surface area contributed by atoms with Crippen molar-refractivity contribution in [2.24, 2.45) is 5.73 Å². The molecule has 120 valence electrons. The lowest BCUT2D eigenvalue weighted by atomic mass is 10.1. The van der Waals surface area contributed by atoms with Crippen LogP contribution in [0.4, 0.5) is 5.69 Å². The summed E-state index contributed by atoms with van der Waals surface area (Å²) in [7, 11) is 0. The number of carbonyl (C=O) groups is 1. The summed E-state index contributed by atoms with van der Waals surface area (Å²) < 4.78 is 0. The highest BCUT2D eigenvalue weighted by atomic mass is 35.5. The number of anilines is 1. The van der Waals surface area contributed by atoms with E-state index < -0.39 is 6.04 Å². The van der Waals surface area contributed by atoms with Gasteiger partial charge in [0, 0.05) is 36.8 Å². The van der Waals surface area contributed by atoms with Crippen molar-refractivity contribution in [3.63, 3.8) is 0 Å². The highest BCUT2D eigenvalue weighted by molar-refractivity contribution is 7.99. The number of rotatable bonds is 4. The molecule has 1 amide bonds. The molecule has 1 fully saturated rings. The molecule has 2 rings (SSSR count). The molecule has 4 nitrogen and oxygen atoms in total. The van der Waals surface area contributed by atoms with Gasteiger partial charge in [-0.2, -0.15) is 11.8 Å². The minimum atomic E-state index is -0.487. The Hall–Kier alpha value is -0.460. The summed E-state index contributed by atoms with van der Waals surface area (Å²) in [5, 5.41) is 2.90. The number of thioether (sulfide) groups is 1. The molecule has 21 heavy (non-hydrogen) atoms. The van der Waals surface area contributed by atoms with Gasteiger partial charge in [0.25, 0.3) is 0 Å². The van der Waals surface area contributed by atoms with Gasteiger partial charge < -0.3 is 11.1 Å². The third-order valence-corrected chi connectivity index (χ3v) is 4.13. The normalized spacial score (nSPS) is 16.3. The molecule has 1 aliphatic heterocycles. The van der Waals surface area contributed by atoms with Crippen molar-refractivity contribution in [2.75, 3.05) is 29.9 Å². The van der Waals surface area contributed by atoms with Gasteiger partial charge in [0.05, 0.1) is 6.04 Å². The Morgan fingerprint density at radius 3 is 2.57 bits per heavy atom. The van der Waals surface area contributed by atoms with Crippen molar-refractivity contribution in [3.05, 3.63) is 29.8 Å². The van der Waals surface area contributed by atoms with Gasteiger partial charge in [0.15, 0.2) is 0 Å². The number of nitrogens with two attached hydrogens (primary N) is 1. The van der Waals surface area contributed by atoms with E-state index in [4.69, 9.17) is 5.73 Å². The molecular weight excluding hydrogens is 329 g/mol. The van der Waals surface area contributed by atoms with Gasteiger partial charge in [-0.3, -0.25) is 9.69 Å². The summed E-state index contributed by atoms with van der Waals surface area (Å²) in [5.74, 6) is 2.24. The molecule has 1 heterocycles. The molecule has 1 atom stereocenters. The fourth-order valence-corrected chi connectivity index (χ4v) is 3.01. The lowest BCUT2D eigenvalue weighted by Gasteiger charge is -2.27. The molecule has 0 aliphatic carbocycles. The number of hydrogen-bond acceptors (Lipinski definition) is 4. The van der Waals surface area contributed by atoms with Gasteiger partial charge in [-0.1, -0.05) is 18.2 Å². The monoisotopic (exact) mass is 351 g/mol. The Bertz CT molecular complexity index is 440. The number of carbonyl (C=O) groups excluding carboxylic acids is 1. The zero-order valence-corrected chi connectivity index (χ0v) is 14.5. The second-order valence-electron chi connectivity index (χ2n) is 4.82. The first-order valence-corrected chi connectivity index (χ1v) is 7.77. The Kier molecular flexibility index (Phi) is 10.1. The minimum absolute atomic E-state index is 0. The number of halogens is 2. The largest absolute Gasteiger partial charge is 0.324 e. The van der Waals surface area contributed by atoms with E-state index in [1.54, 1.807) is 6.92 Å². The third kappa shape index (κ3) is 6.45. The summed E-state index contributed by atoms with van der Waals surface area (Å²) in [6.07, 6.45) is 0. The summed E-state index contributed by atoms with van der Waals surface area (Å²) in [4.78, 5) is 14.1. The average molecular weight is 352 g/mol. The minimum Gasteiger partial charge on any atom is -0.324 e. The predicted octanol–water partition coefficient (Wildman–Crippen LogP) is 2.36. The second-order valence-corrected chi connectivity index (χ2v) is 6.05. The van der Waals surface area contributed by atoms with Crippen LogP contribution in [0.3, 0.4) is 0 Å². The molecule has 7 heteroatoms. The van der Waals surface area contributed by atoms with Gasteiger partial charge in [-0.15, -0.1) is 24.8 Å². The smallest absolute Gasteiger partial charge is 0.241 e. The first-order chi connectivity index (χ1) is 9.16. The van der Waals surface area contributed by atoms with Gasteiger partial charge in [0.1, 0.15) is 0 Å². The van der Waals surface area contributed by atoms with Gasteiger partial charge >= 0.3 is 0 Å². The maximum absolute atomic E-state index is 11.7. The molecule has 1 aromatic rings. The average Bonchev–Trinajstić information content (AvgIpc) is 2.42. The van der Waals surface area contributed by atoms with Crippen molar-refractivity contribution in [1.82, 2.24) is 4.90 Å². The van der Waals surface area contributed by atoms with Crippen molar-refractivity contribution < 1.29 is 4.79 Å². The lowest BCUT2D eigenvalue weighted by molar-refractivity contribution is -0.117. The summed E-state index contributed by atoms with van der Waals surface area (Å²) >= 11 is 2.00. The zero-order valence-electron chi connectivity index (χ0n) is 12.1. The molecular formula is C14H23Cl2N3OS. The topological polar surface area (TPSA) is 58.4 Å². The van der Waals surface area contributed by atoms with Crippen LogP contribution in [-0.2, 0) is 11.3 Å². The van der Waals surface area contributed by atoms with E-state index >= 15 is 0 Å². The number of amides is 1. The number of benzene rings is 1. The molecule has 0 radical (unpaired) electrons. The number of nitrogens with zero attached hydrogens (tertiary/aromatic N) is 1. The van der Waals surface area contributed by atoms with Gasteiger partial charge in [0.2, 0.25) is 5.91 Å². The highest BCUT2D eigenvalue weighted by Gasteiger charge is 2.14. The molecule has 1 saturated heterocycles. The standard InChI is InChI=1S/C14H21N3OS.2ClH/c1-11(15)14(18)16-13-5-3-2-4-12(13)10-17-6-8-19-9-7-17;;/h2-5,11H,6-10,15H2,1H3,(H,16,18);2*1H. The lowest BCUT2D eigenvalue weighted by Crippen LogP contribution is -2.34. The van der Waals surface area contributed by atoms with Crippen molar-refractivity contribution in [3.8, 4) is 0 Å². The quantitative estimate of drug-likeness (QED) is 0.874. The van der Waals surface area contributed by atoms with Gasteiger partial charge in [-0.25, -0.2) is 0 Å². The van der Waals surface area contributed by atoms with Crippen LogP contribution in [0, 0.1) is 0 Å². The van der Waals surface area contributed by atoms with E-state index in [-0.39, 0.29) is 30.7 Å². The number of para-hydroxylation sites is 1. The van der Waals surface area contributed by atoms with Crippen molar-refractivity contribution >= 4 is 48.2 Å². The number of nitrogens with one attached hydrogen (secondary N) is 1. The predicted molar refractivity (Wildman–Crippen MR) is 95.8 cm³/mol. The summed E-state index contributed by atoms with van der Waals surface area (Å²) in [6.45, 7) is 4.80. The fourth-order valence-electron chi connectivity index (χ4n) is 2.03. The third-order valence-electron chi connectivity index (χ3n) is 3.19. The van der Waals surface area contributed by atoms with E-state index in [1.165, 1.54) is 11.5 Å². The maximum Gasteiger partial charge on any atom is 0.241 e. The fraction of sp³-hybridized carbons (Fsp3) is 0.500. The molecule has 1 unspecified atom stereocenters. The molecule has 1 aliphatic rings. The summed E-state index contributed by atoms with van der Waals surface area (Å²) in [5.41, 5.74) is 7.63. The molecule has 0 aromatic heterocycles. The molecule has 0 spiro atoms. The Labute approximate surface area is 143 Å². The van der Waals surface area contributed by atoms with Crippen LogP contribution in [-0.4, -0.2) is 41.4 Å². The van der Waals surface area contributed by atoms with E-state index in [0.29, 0.717) is 0 Å². The maximum atomic E-state index is 11.7. The Morgan fingerprint density at radius 1 is 1.33 bits per heavy atom. The Balaban J connectivity index is 0.00000200. The second kappa shape index (κ2) is 10.3. The molecule has 0 saturated carbocycles. The van der Waals surface area contributed by atoms with Crippen LogP contribution in [0.5, 0.6) is 0 Å². The van der Waals surface area contributed by atoms with Crippen LogP contribution < -0.4 is 11.1 Å². The van der Waals surface area contributed by atoms with E-state index in [1.807, 2.05) is 30.0 Å². The van der Waals surface area contributed by atoms with E-state index in [9.17, 15) is 4.79 Å². The zero-order chi connectivity index (χ0) is 13.7. The highest BCUT2D eigenvalue weighted by Crippen LogP contribution is 2.19. The number of hydrogen-bond donors (Lipinski definition) is 2. The Morgan fingerprint density at radius 2 is 1.95 bits per heavy atom. The van der Waals surface area contributed by atoms with Crippen molar-refractivity contribution in [1.29, 1.82) is 0 Å². The van der Waals surface area contributed by atoms with E-state index in [0.717, 1.165) is 30.9 Å². The first-order valence-electron chi connectivity index (χ1n) is 6.61. The summed E-state index contributed by atoms with van der Waals surface area (Å²) in [6, 6.07) is 7.47.